The average molecular weight is 393 g/mol. The Morgan fingerprint density at radius 1 is 1.17 bits per heavy atom. The number of nitrogens with zero attached hydrogens (tertiary/aromatic N) is 5. The van der Waals surface area contributed by atoms with Crippen LogP contribution in [0.2, 0.25) is 0 Å². The van der Waals surface area contributed by atoms with Gasteiger partial charge in [0.15, 0.2) is 0 Å². The first-order valence-corrected chi connectivity index (χ1v) is 10.00. The van der Waals surface area contributed by atoms with E-state index in [0.717, 1.165) is 56.3 Å². The number of hydrogen-bond acceptors (Lipinski definition) is 6. The van der Waals surface area contributed by atoms with Gasteiger partial charge in [0.2, 0.25) is 0 Å². The van der Waals surface area contributed by atoms with Gasteiger partial charge in [0, 0.05) is 53.0 Å². The lowest BCUT2D eigenvalue weighted by molar-refractivity contribution is 0.0828. The summed E-state index contributed by atoms with van der Waals surface area (Å²) in [6, 6.07) is 11.8. The van der Waals surface area contributed by atoms with Gasteiger partial charge in [-0.15, -0.1) is 0 Å². The summed E-state index contributed by atoms with van der Waals surface area (Å²) in [6.07, 6.45) is 2.74. The van der Waals surface area contributed by atoms with E-state index >= 15 is 0 Å². The molecule has 0 unspecified atom stereocenters. The highest BCUT2D eigenvalue weighted by Crippen LogP contribution is 2.29. The minimum absolute atomic E-state index is 0.0519. The molecular weight excluding hydrogens is 364 g/mol. The van der Waals surface area contributed by atoms with Crippen LogP contribution < -0.4 is 15.1 Å². The fourth-order valence-corrected chi connectivity index (χ4v) is 3.54. The Hall–Kier alpha value is -3.27. The molecule has 7 nitrogen and oxygen atoms in total. The second-order valence-electron chi connectivity index (χ2n) is 7.29. The summed E-state index contributed by atoms with van der Waals surface area (Å²) in [5.41, 5.74) is 3.10. The number of nitrogens with one attached hydrogen (secondary N) is 1. The molecule has 0 radical (unpaired) electrons. The maximum Gasteiger partial charge on any atom is 0.259 e. The number of pyridine rings is 1. The Bertz CT molecular complexity index is 896. The zero-order chi connectivity index (χ0) is 20.8. The summed E-state index contributed by atoms with van der Waals surface area (Å²) in [6.45, 7) is 5.90. The van der Waals surface area contributed by atoms with Crippen LogP contribution in [-0.2, 0) is 0 Å². The second-order valence-corrected chi connectivity index (χ2v) is 7.29. The quantitative estimate of drug-likeness (QED) is 0.815. The van der Waals surface area contributed by atoms with Crippen LogP contribution in [0.5, 0.6) is 0 Å². The van der Waals surface area contributed by atoms with Gasteiger partial charge in [-0.05, 0) is 24.6 Å². The molecule has 0 saturated carbocycles. The molecule has 2 heterocycles. The standard InChI is InChI=1S/C22H28N6O/c1-4-10-24-18-9-11-25-21(20(18)22(29)26(2)3)28-14-12-27(13-15-28)19-8-6-5-7-17(19)16-23/h5-9,11H,4,10,12-15H2,1-3H3,(H,24,25). The Labute approximate surface area is 172 Å². The lowest BCUT2D eigenvalue weighted by atomic mass is 10.1. The van der Waals surface area contributed by atoms with E-state index in [1.54, 1.807) is 25.2 Å². The summed E-state index contributed by atoms with van der Waals surface area (Å²) in [5.74, 6) is 0.669. The summed E-state index contributed by atoms with van der Waals surface area (Å²) >= 11 is 0. The fourth-order valence-electron chi connectivity index (χ4n) is 3.54. The van der Waals surface area contributed by atoms with Crippen molar-refractivity contribution in [2.45, 2.75) is 13.3 Å². The SMILES string of the molecule is CCCNc1ccnc(N2CCN(c3ccccc3C#N)CC2)c1C(=O)N(C)C. The van der Waals surface area contributed by atoms with Gasteiger partial charge >= 0.3 is 0 Å². The lowest BCUT2D eigenvalue weighted by Crippen LogP contribution is -2.47. The first-order valence-electron chi connectivity index (χ1n) is 10.00. The van der Waals surface area contributed by atoms with E-state index in [1.807, 2.05) is 30.3 Å². The highest BCUT2D eigenvalue weighted by atomic mass is 16.2. The van der Waals surface area contributed by atoms with E-state index in [9.17, 15) is 10.1 Å². The monoisotopic (exact) mass is 392 g/mol. The normalized spacial score (nSPS) is 13.7. The molecule has 1 aromatic carbocycles. The second kappa shape index (κ2) is 9.28. The molecule has 1 fully saturated rings. The van der Waals surface area contributed by atoms with E-state index in [4.69, 9.17) is 0 Å². The molecule has 1 aromatic heterocycles. The summed E-state index contributed by atoms with van der Waals surface area (Å²) < 4.78 is 0. The zero-order valence-electron chi connectivity index (χ0n) is 17.4. The van der Waals surface area contributed by atoms with E-state index in [1.165, 1.54) is 0 Å². The lowest BCUT2D eigenvalue weighted by Gasteiger charge is -2.38. The van der Waals surface area contributed by atoms with E-state index < -0.39 is 0 Å². The number of aromatic nitrogens is 1. The van der Waals surface area contributed by atoms with Gasteiger partial charge in [0.25, 0.3) is 5.91 Å². The van der Waals surface area contributed by atoms with Crippen LogP contribution in [0.4, 0.5) is 17.2 Å². The maximum atomic E-state index is 12.9. The van der Waals surface area contributed by atoms with E-state index in [0.29, 0.717) is 11.1 Å². The molecule has 1 amide bonds. The van der Waals surface area contributed by atoms with Crippen LogP contribution in [0, 0.1) is 11.3 Å². The highest BCUT2D eigenvalue weighted by Gasteiger charge is 2.26. The van der Waals surface area contributed by atoms with Gasteiger partial charge in [0.05, 0.1) is 16.9 Å². The van der Waals surface area contributed by atoms with Crippen molar-refractivity contribution in [1.29, 1.82) is 5.26 Å². The molecule has 3 rings (SSSR count). The minimum Gasteiger partial charge on any atom is -0.384 e. The number of para-hydroxylation sites is 1. The molecule has 0 spiro atoms. The van der Waals surface area contributed by atoms with Crippen molar-refractivity contribution in [1.82, 2.24) is 9.88 Å². The smallest absolute Gasteiger partial charge is 0.259 e. The van der Waals surface area contributed by atoms with Crippen molar-refractivity contribution in [2.75, 3.05) is 61.9 Å². The molecule has 0 bridgehead atoms. The van der Waals surface area contributed by atoms with Crippen molar-refractivity contribution in [3.63, 3.8) is 0 Å². The summed E-state index contributed by atoms with van der Waals surface area (Å²) in [4.78, 5) is 23.5. The molecule has 7 heteroatoms. The molecule has 2 aromatic rings. The van der Waals surface area contributed by atoms with Crippen molar-refractivity contribution in [2.24, 2.45) is 0 Å². The van der Waals surface area contributed by atoms with Gasteiger partial charge in [-0.3, -0.25) is 4.79 Å². The van der Waals surface area contributed by atoms with Crippen molar-refractivity contribution in [3.05, 3.63) is 47.7 Å². The average Bonchev–Trinajstić information content (AvgIpc) is 2.76. The molecule has 1 N–H and O–H groups in total. The predicted molar refractivity (Wildman–Crippen MR) is 117 cm³/mol. The van der Waals surface area contributed by atoms with E-state index in [-0.39, 0.29) is 5.91 Å². The third kappa shape index (κ3) is 4.43. The number of carbonyl (C=O) groups excluding carboxylic acids is 1. The van der Waals surface area contributed by atoms with Crippen LogP contribution in [-0.4, -0.2) is 62.6 Å². The third-order valence-corrected chi connectivity index (χ3v) is 5.06. The Kier molecular flexibility index (Phi) is 6.55. The van der Waals surface area contributed by atoms with Crippen LogP contribution in [0.1, 0.15) is 29.3 Å². The summed E-state index contributed by atoms with van der Waals surface area (Å²) in [5, 5.41) is 12.8. The number of benzene rings is 1. The van der Waals surface area contributed by atoms with Crippen molar-refractivity contribution >= 4 is 23.1 Å². The highest BCUT2D eigenvalue weighted by molar-refractivity contribution is 6.04. The molecule has 1 aliphatic rings. The molecular formula is C22H28N6O. The Morgan fingerprint density at radius 2 is 1.86 bits per heavy atom. The Balaban J connectivity index is 1.85. The number of carbonyl (C=O) groups is 1. The molecule has 0 aliphatic carbocycles. The third-order valence-electron chi connectivity index (χ3n) is 5.06. The molecule has 1 aliphatic heterocycles. The van der Waals surface area contributed by atoms with Crippen molar-refractivity contribution < 1.29 is 4.79 Å². The first-order chi connectivity index (χ1) is 14.1. The van der Waals surface area contributed by atoms with Gasteiger partial charge in [-0.25, -0.2) is 4.98 Å². The van der Waals surface area contributed by atoms with Crippen LogP contribution >= 0.6 is 0 Å². The van der Waals surface area contributed by atoms with Crippen molar-refractivity contribution in [3.8, 4) is 6.07 Å². The number of rotatable bonds is 6. The Morgan fingerprint density at radius 3 is 2.52 bits per heavy atom. The van der Waals surface area contributed by atoms with Crippen LogP contribution in [0.3, 0.4) is 0 Å². The minimum atomic E-state index is -0.0519. The maximum absolute atomic E-state index is 12.9. The van der Waals surface area contributed by atoms with Gasteiger partial charge in [-0.1, -0.05) is 19.1 Å². The van der Waals surface area contributed by atoms with Crippen LogP contribution in [0.15, 0.2) is 36.5 Å². The molecule has 29 heavy (non-hydrogen) atoms. The number of hydrogen-bond donors (Lipinski definition) is 1. The zero-order valence-corrected chi connectivity index (χ0v) is 17.4. The number of piperazine rings is 1. The molecule has 0 atom stereocenters. The first kappa shape index (κ1) is 20.5. The largest absolute Gasteiger partial charge is 0.384 e. The predicted octanol–water partition coefficient (Wildman–Crippen LogP) is 2.80. The number of amides is 1. The van der Waals surface area contributed by atoms with E-state index in [2.05, 4.69) is 33.1 Å². The number of nitriles is 1. The summed E-state index contributed by atoms with van der Waals surface area (Å²) in [7, 11) is 3.53. The fraction of sp³-hybridized carbons (Fsp3) is 0.409. The molecule has 1 saturated heterocycles. The molecule has 152 valence electrons. The van der Waals surface area contributed by atoms with Gasteiger partial charge < -0.3 is 20.0 Å². The van der Waals surface area contributed by atoms with Gasteiger partial charge in [0.1, 0.15) is 17.5 Å². The topological polar surface area (TPSA) is 75.5 Å². The number of anilines is 3. The van der Waals surface area contributed by atoms with Gasteiger partial charge in [-0.2, -0.15) is 5.26 Å². The van der Waals surface area contributed by atoms with Crippen LogP contribution in [0.25, 0.3) is 0 Å².